The Labute approximate surface area is 486 Å². The number of fused-ring (bicyclic) bond motifs is 4. The molecule has 4 heterocycles. The van der Waals surface area contributed by atoms with Gasteiger partial charge in [-0.15, -0.1) is 0 Å². The molecule has 5 aromatic rings. The molecule has 0 bridgehead atoms. The van der Waals surface area contributed by atoms with Crippen molar-refractivity contribution < 1.29 is 53.1 Å². The summed E-state index contributed by atoms with van der Waals surface area (Å²) in [6, 6.07) is 8.06. The van der Waals surface area contributed by atoms with Crippen molar-refractivity contribution in [3.63, 3.8) is 0 Å². The van der Waals surface area contributed by atoms with E-state index in [2.05, 4.69) is 44.6 Å². The summed E-state index contributed by atoms with van der Waals surface area (Å²) in [7, 11) is -3.68. The van der Waals surface area contributed by atoms with Crippen molar-refractivity contribution in [2.75, 3.05) is 25.9 Å². The third-order valence-electron chi connectivity index (χ3n) is 16.6. The third-order valence-corrected chi connectivity index (χ3v) is 18.4. The number of alkyl halides is 6. The zero-order valence-corrected chi connectivity index (χ0v) is 51.2. The fourth-order valence-corrected chi connectivity index (χ4v) is 13.2. The van der Waals surface area contributed by atoms with Gasteiger partial charge in [-0.05, 0) is 153 Å². The molecule has 3 fully saturated rings. The predicted octanol–water partition coefficient (Wildman–Crippen LogP) is 14.3. The number of carbonyl (C=O) groups excluding carboxylic acids is 1. The number of benzene rings is 2. The highest BCUT2D eigenvalue weighted by Gasteiger charge is 2.67. The van der Waals surface area contributed by atoms with E-state index in [9.17, 15) is 53.1 Å². The number of unbranched alkanes of at least 4 members (excludes halogenated alkanes) is 2. The number of ether oxygens (including phenoxy) is 1. The number of hydrogen-bond donors (Lipinski definition) is 1. The number of aromatic nitrogens is 5. The lowest BCUT2D eigenvalue weighted by atomic mass is 9.71. The molecule has 2 aromatic carbocycles. The molecule has 4 atom stereocenters. The number of Topliss-reactive ketones (excluding diaryl/α,β-unsaturated/α-hetero) is 1. The molecule has 0 amide bonds. The number of carbonyl (C=O) groups is 1. The number of hydrogen-bond acceptors (Lipinski definition) is 10. The average molecular weight is 1210 g/mol. The molecule has 83 heavy (non-hydrogen) atoms. The summed E-state index contributed by atoms with van der Waals surface area (Å²) in [5.41, 5.74) is -0.133. The zero-order chi connectivity index (χ0) is 61.9. The van der Waals surface area contributed by atoms with Gasteiger partial charge in [0, 0.05) is 72.3 Å². The molecule has 22 heteroatoms. The van der Waals surface area contributed by atoms with Crippen LogP contribution in [0.15, 0.2) is 41.2 Å². The minimum Gasteiger partial charge on any atom is -0.367 e. The van der Waals surface area contributed by atoms with Gasteiger partial charge >= 0.3 is 0 Å². The summed E-state index contributed by atoms with van der Waals surface area (Å²) in [5.74, 6) is -9.80. The van der Waals surface area contributed by atoms with Crippen LogP contribution in [0.25, 0.3) is 16.7 Å². The molecule has 3 aromatic heterocycles. The molecule has 0 radical (unpaired) electrons. The Morgan fingerprint density at radius 2 is 1.51 bits per heavy atom. The highest BCUT2D eigenvalue weighted by molar-refractivity contribution is 7.92. The van der Waals surface area contributed by atoms with E-state index in [0.29, 0.717) is 28.1 Å². The molecule has 2 saturated carbocycles. The van der Waals surface area contributed by atoms with E-state index in [1.54, 1.807) is 26.0 Å². The summed E-state index contributed by atoms with van der Waals surface area (Å²) in [4.78, 5) is 38.2. The number of nitrogens with one attached hydrogen (secondary N) is 1. The first-order chi connectivity index (χ1) is 38.3. The van der Waals surface area contributed by atoms with Gasteiger partial charge in [-0.1, -0.05) is 52.1 Å². The normalized spacial score (nSPS) is 20.9. The van der Waals surface area contributed by atoms with Gasteiger partial charge in [0.15, 0.2) is 21.3 Å². The number of rotatable bonds is 16. The van der Waals surface area contributed by atoms with E-state index in [-0.39, 0.29) is 101 Å². The van der Waals surface area contributed by atoms with E-state index in [1.807, 2.05) is 20.8 Å². The van der Waals surface area contributed by atoms with Gasteiger partial charge < -0.3 is 10.1 Å². The molecule has 456 valence electrons. The maximum absolute atomic E-state index is 14.8. The number of sulfone groups is 1. The van der Waals surface area contributed by atoms with Crippen LogP contribution in [0.1, 0.15) is 190 Å². The first kappa shape index (κ1) is 65.4. The summed E-state index contributed by atoms with van der Waals surface area (Å²) >= 11 is 6.58. The second kappa shape index (κ2) is 24.3. The largest absolute Gasteiger partial charge is 0.367 e. The van der Waals surface area contributed by atoms with E-state index < -0.39 is 90.9 Å². The number of halogens is 9. The van der Waals surface area contributed by atoms with Gasteiger partial charge in [0.05, 0.1) is 39.6 Å². The summed E-state index contributed by atoms with van der Waals surface area (Å²) in [6.45, 7) is 25.7. The van der Waals surface area contributed by atoms with Crippen LogP contribution in [0.4, 0.5) is 35.1 Å². The molecule has 0 spiro atoms. The number of nitrogens with zero attached hydrogens (tertiary/aromatic N) is 6. The Morgan fingerprint density at radius 1 is 0.904 bits per heavy atom. The Bertz CT molecular complexity index is 3410. The molecule has 4 unspecified atom stereocenters. The van der Waals surface area contributed by atoms with Gasteiger partial charge in [0.2, 0.25) is 5.92 Å². The maximum atomic E-state index is 14.8. The molecular weight excluding hydrogens is 1130 g/mol. The van der Waals surface area contributed by atoms with Crippen LogP contribution >= 0.6 is 11.6 Å². The summed E-state index contributed by atoms with van der Waals surface area (Å²) in [5, 5.41) is 11.4. The fourth-order valence-electron chi connectivity index (χ4n) is 12.3. The highest BCUT2D eigenvalue weighted by Crippen LogP contribution is 2.68. The standard InChI is InChI=1S/C37H41ClF4N4O3S.C13H27NO.C11H10F4N2O/c1-19(2)26(17-23-15-24(39)18-25(40)16-23)34-45-33-30(20(3)14-29(44-33)36(6)10-12-37(41,42)13-11-36)35(47)46(34)28-9-8-27(38)31(21(28)4)32(43)22(5)50(7,48)49;1-6-7-8-9-14-10-12(2,3)15-13(4,5)11-14;1-4(18)3-17-9-7(8(16-17)10(12)13)5-2-6(5)11(9,14)15/h8-9,14-16,18-19,22,26,43H,10-13,17H2,1-7H3;6-11H2,1-5H3;5-6,10H,2-3H2,1H3. The number of pyridine rings is 1. The Hall–Kier alpha value is -5.12. The molecule has 1 saturated heterocycles. The van der Waals surface area contributed by atoms with Crippen LogP contribution in [0.3, 0.4) is 0 Å². The van der Waals surface area contributed by atoms with Crippen molar-refractivity contribution in [3.8, 4) is 5.69 Å². The van der Waals surface area contributed by atoms with Crippen LogP contribution in [0.5, 0.6) is 0 Å². The van der Waals surface area contributed by atoms with E-state index in [0.717, 1.165) is 30.1 Å². The fraction of sp³-hybridized carbons (Fsp3) is 0.607. The van der Waals surface area contributed by atoms with Crippen molar-refractivity contribution in [2.24, 2.45) is 11.8 Å². The Morgan fingerprint density at radius 3 is 2.05 bits per heavy atom. The van der Waals surface area contributed by atoms with Gasteiger partial charge in [-0.2, -0.15) is 13.9 Å². The first-order valence-corrected chi connectivity index (χ1v) is 30.7. The van der Waals surface area contributed by atoms with Crippen LogP contribution in [0.2, 0.25) is 5.02 Å². The molecule has 1 aliphatic heterocycles. The molecule has 9 rings (SSSR count). The molecular formula is C61H78ClF8N7O5S. The smallest absolute Gasteiger partial charge is 0.293 e. The van der Waals surface area contributed by atoms with Crippen molar-refractivity contribution in [2.45, 2.75) is 199 Å². The quantitative estimate of drug-likeness (QED) is 0.0578. The third kappa shape index (κ3) is 14.4. The minimum atomic E-state index is -3.68. The van der Waals surface area contributed by atoms with Crippen LogP contribution in [-0.2, 0) is 43.7 Å². The topological polar surface area (TPSA) is 153 Å². The maximum Gasteiger partial charge on any atom is 0.293 e. The SMILES string of the molecule is CC(=O)Cn1nc(C(F)F)c2c1C(F)(F)C1CC21.CCCCCN1CC(C)(C)OC(C)(C)C1.Cc1c(-n2c(C(Cc3cc(F)cc(F)c3)C(C)C)nc3nc(C4(C)CCC(F)(F)CC4)cc(C)c3c2=O)ccc(Cl)c1C(=N)C(C)S(C)(=O)=O. The van der Waals surface area contributed by atoms with Crippen molar-refractivity contribution >= 4 is 44.0 Å². The molecule has 12 nitrogen and oxygen atoms in total. The molecule has 4 aliphatic rings. The average Bonchev–Trinajstić information content (AvgIpc) is 1.57. The first-order valence-electron chi connectivity index (χ1n) is 28.4. The minimum absolute atomic E-state index is 0.00790. The lowest BCUT2D eigenvalue weighted by Gasteiger charge is -2.47. The number of aryl methyl sites for hydroxylation is 1. The van der Waals surface area contributed by atoms with Crippen LogP contribution < -0.4 is 5.56 Å². The molecule has 3 aliphatic carbocycles. The molecule has 1 N–H and O–H groups in total. The second-order valence-corrected chi connectivity index (χ2v) is 28.0. The van der Waals surface area contributed by atoms with Crippen molar-refractivity contribution in [1.29, 1.82) is 5.41 Å². The van der Waals surface area contributed by atoms with Gasteiger partial charge in [-0.3, -0.25) is 23.7 Å². The summed E-state index contributed by atoms with van der Waals surface area (Å²) < 4.78 is 144. The Balaban J connectivity index is 0.000000241. The predicted molar refractivity (Wildman–Crippen MR) is 307 cm³/mol. The van der Waals surface area contributed by atoms with Gasteiger partial charge in [-0.25, -0.2) is 44.7 Å². The Kier molecular flexibility index (Phi) is 19.2. The monoisotopic (exact) mass is 1210 g/mol. The second-order valence-electron chi connectivity index (χ2n) is 25.3. The van der Waals surface area contributed by atoms with Crippen molar-refractivity contribution in [1.82, 2.24) is 29.2 Å². The van der Waals surface area contributed by atoms with Crippen LogP contribution in [0, 0.1) is 42.7 Å². The van der Waals surface area contributed by atoms with E-state index >= 15 is 0 Å². The number of morpholine rings is 1. The van der Waals surface area contributed by atoms with Crippen LogP contribution in [-0.4, -0.2) is 97.4 Å². The lowest BCUT2D eigenvalue weighted by Crippen LogP contribution is -2.57. The van der Waals surface area contributed by atoms with E-state index in [4.69, 9.17) is 31.7 Å². The highest BCUT2D eigenvalue weighted by atomic mass is 35.5. The van der Waals surface area contributed by atoms with Crippen molar-refractivity contribution in [3.05, 3.63) is 114 Å². The lowest BCUT2D eigenvalue weighted by molar-refractivity contribution is -0.180. The van der Waals surface area contributed by atoms with Gasteiger partial charge in [0.25, 0.3) is 17.9 Å². The number of ketones is 1. The van der Waals surface area contributed by atoms with E-state index in [1.165, 1.54) is 62.4 Å². The van der Waals surface area contributed by atoms with Gasteiger partial charge in [0.1, 0.15) is 34.1 Å². The zero-order valence-electron chi connectivity index (χ0n) is 49.7. The summed E-state index contributed by atoms with van der Waals surface area (Å²) in [6.07, 6.45) is 2.27.